The van der Waals surface area contributed by atoms with Crippen molar-refractivity contribution < 1.29 is 14.3 Å². The number of hydrogen-bond donors (Lipinski definition) is 2. The lowest BCUT2D eigenvalue weighted by Gasteiger charge is -2.42. The molecule has 1 aliphatic carbocycles. The van der Waals surface area contributed by atoms with Gasteiger partial charge in [0.05, 0.1) is 30.4 Å². The fraction of sp³-hybridized carbons (Fsp3) is 0.276. The van der Waals surface area contributed by atoms with Crippen LogP contribution in [0.15, 0.2) is 69.5 Å². The largest absolute Gasteiger partial charge is 0.497 e. The van der Waals surface area contributed by atoms with E-state index in [1.165, 1.54) is 23.1 Å². The summed E-state index contributed by atoms with van der Waals surface area (Å²) in [6.07, 6.45) is 0.787. The summed E-state index contributed by atoms with van der Waals surface area (Å²) in [4.78, 5) is 27.9. The van der Waals surface area contributed by atoms with E-state index in [2.05, 4.69) is 21.6 Å². The molecule has 0 saturated carbocycles. The molecule has 1 unspecified atom stereocenters. The fourth-order valence-electron chi connectivity index (χ4n) is 5.15. The van der Waals surface area contributed by atoms with E-state index in [1.807, 2.05) is 13.8 Å². The number of aromatic nitrogens is 2. The number of nitrogens with one attached hydrogen (secondary N) is 1. The second-order valence-electron chi connectivity index (χ2n) is 10.5. The van der Waals surface area contributed by atoms with Gasteiger partial charge < -0.3 is 15.8 Å². The molecule has 0 radical (unpaired) electrons. The lowest BCUT2D eigenvalue weighted by atomic mass is 9.68. The van der Waals surface area contributed by atoms with E-state index in [9.17, 15) is 14.9 Å². The number of rotatable bonds is 7. The van der Waals surface area contributed by atoms with Crippen molar-refractivity contribution in [1.82, 2.24) is 10.2 Å². The molecule has 3 aromatic rings. The van der Waals surface area contributed by atoms with Crippen LogP contribution in [0.4, 0.5) is 10.8 Å². The Morgan fingerprint density at radius 1 is 1.21 bits per heavy atom. The lowest BCUT2D eigenvalue weighted by Crippen LogP contribution is -2.42. The smallest absolute Gasteiger partial charge is 0.234 e. The summed E-state index contributed by atoms with van der Waals surface area (Å²) in [6, 6.07) is 14.3. The first kappa shape index (κ1) is 29.9. The predicted molar refractivity (Wildman–Crippen MR) is 166 cm³/mol. The number of amides is 1. The standard InChI is InChI=1S/C29H26Cl2N6O3S2/c1-29(2)11-20-25(21(38)12-29)23(24-18(30)5-4-6-19(24)31)17(13-32)26(33)37(20)27-35-36-28(42-27)41-14-22(39)34-15-7-9-16(40-3)10-8-15/h4-10,23H,11-12,14,33H2,1-3H3,(H,34,39). The first-order valence-electron chi connectivity index (χ1n) is 12.8. The highest BCUT2D eigenvalue weighted by molar-refractivity contribution is 8.01. The normalized spacial score (nSPS) is 18.0. The van der Waals surface area contributed by atoms with Crippen molar-refractivity contribution in [1.29, 1.82) is 5.26 Å². The molecule has 42 heavy (non-hydrogen) atoms. The maximum Gasteiger partial charge on any atom is 0.234 e. The number of nitrogens with zero attached hydrogens (tertiary/aromatic N) is 4. The highest BCUT2D eigenvalue weighted by Crippen LogP contribution is 2.52. The van der Waals surface area contributed by atoms with Gasteiger partial charge in [-0.2, -0.15) is 5.26 Å². The summed E-state index contributed by atoms with van der Waals surface area (Å²) >= 11 is 15.6. The number of carbonyl (C=O) groups is 2. The van der Waals surface area contributed by atoms with Gasteiger partial charge in [-0.25, -0.2) is 0 Å². The van der Waals surface area contributed by atoms with E-state index in [-0.39, 0.29) is 40.7 Å². The van der Waals surface area contributed by atoms with Crippen LogP contribution in [0.25, 0.3) is 0 Å². The summed E-state index contributed by atoms with van der Waals surface area (Å²) in [5.74, 6) is -0.210. The minimum atomic E-state index is -0.811. The van der Waals surface area contributed by atoms with Crippen LogP contribution >= 0.6 is 46.3 Å². The van der Waals surface area contributed by atoms with E-state index >= 15 is 0 Å². The van der Waals surface area contributed by atoms with E-state index < -0.39 is 5.92 Å². The van der Waals surface area contributed by atoms with Crippen molar-refractivity contribution in [2.75, 3.05) is 23.1 Å². The topological polar surface area (TPSA) is 134 Å². The Morgan fingerprint density at radius 3 is 2.55 bits per heavy atom. The highest BCUT2D eigenvalue weighted by atomic mass is 35.5. The third kappa shape index (κ3) is 5.85. The van der Waals surface area contributed by atoms with Crippen molar-refractivity contribution in [3.8, 4) is 11.8 Å². The van der Waals surface area contributed by atoms with Crippen molar-refractivity contribution in [3.63, 3.8) is 0 Å². The summed E-state index contributed by atoms with van der Waals surface area (Å²) in [6.45, 7) is 4.01. The van der Waals surface area contributed by atoms with Crippen LogP contribution in [0.2, 0.25) is 10.0 Å². The number of thioether (sulfide) groups is 1. The number of allylic oxidation sites excluding steroid dienone is 3. The summed E-state index contributed by atoms with van der Waals surface area (Å²) in [7, 11) is 1.58. The number of methoxy groups -OCH3 is 1. The Balaban J connectivity index is 1.46. The molecule has 0 spiro atoms. The molecule has 9 nitrogen and oxygen atoms in total. The number of nitriles is 1. The maximum absolute atomic E-state index is 13.7. The maximum atomic E-state index is 13.7. The van der Waals surface area contributed by atoms with Gasteiger partial charge in [-0.1, -0.05) is 66.2 Å². The first-order chi connectivity index (χ1) is 20.0. The van der Waals surface area contributed by atoms with Crippen LogP contribution in [0.3, 0.4) is 0 Å². The third-order valence-electron chi connectivity index (χ3n) is 6.96. The molecule has 1 aliphatic heterocycles. The zero-order chi connectivity index (χ0) is 30.2. The molecule has 2 aromatic carbocycles. The van der Waals surface area contributed by atoms with Crippen LogP contribution in [0.1, 0.15) is 38.2 Å². The van der Waals surface area contributed by atoms with Crippen LogP contribution in [-0.4, -0.2) is 34.8 Å². The molecule has 0 bridgehead atoms. The summed E-state index contributed by atoms with van der Waals surface area (Å²) < 4.78 is 5.67. The average molecular weight is 642 g/mol. The number of anilines is 2. The second-order valence-corrected chi connectivity index (χ2v) is 13.5. The van der Waals surface area contributed by atoms with Crippen LogP contribution in [-0.2, 0) is 9.59 Å². The minimum absolute atomic E-state index is 0.0992. The van der Waals surface area contributed by atoms with Crippen molar-refractivity contribution in [2.45, 2.75) is 36.9 Å². The molecule has 2 heterocycles. The Labute approximate surface area is 261 Å². The van der Waals surface area contributed by atoms with Gasteiger partial charge in [0.1, 0.15) is 11.6 Å². The molecule has 2 aliphatic rings. The van der Waals surface area contributed by atoms with Crippen molar-refractivity contribution >= 4 is 68.8 Å². The fourth-order valence-corrected chi connectivity index (χ4v) is 7.45. The Morgan fingerprint density at radius 2 is 1.90 bits per heavy atom. The average Bonchev–Trinajstić information content (AvgIpc) is 3.40. The van der Waals surface area contributed by atoms with Gasteiger partial charge in [0.2, 0.25) is 11.0 Å². The Kier molecular flexibility index (Phi) is 8.53. The first-order valence-corrected chi connectivity index (χ1v) is 15.4. The van der Waals surface area contributed by atoms with Gasteiger partial charge in [-0.3, -0.25) is 14.5 Å². The molecule has 1 amide bonds. The lowest BCUT2D eigenvalue weighted by molar-refractivity contribution is -0.118. The number of nitrogens with two attached hydrogens (primary N) is 1. The van der Waals surface area contributed by atoms with Crippen LogP contribution < -0.4 is 20.7 Å². The van der Waals surface area contributed by atoms with E-state index in [0.717, 1.165) is 0 Å². The van der Waals surface area contributed by atoms with Gasteiger partial charge in [0, 0.05) is 39.0 Å². The van der Waals surface area contributed by atoms with Crippen LogP contribution in [0, 0.1) is 16.7 Å². The molecule has 3 N–H and O–H groups in total. The molecule has 0 fully saturated rings. The number of hydrogen-bond acceptors (Lipinski definition) is 10. The number of Topliss-reactive ketones (excluding diaryl/α,β-unsaturated/α-hetero) is 1. The van der Waals surface area contributed by atoms with E-state index in [4.69, 9.17) is 33.7 Å². The summed E-state index contributed by atoms with van der Waals surface area (Å²) in [5.41, 5.74) is 8.65. The highest BCUT2D eigenvalue weighted by Gasteiger charge is 2.46. The quantitative estimate of drug-likeness (QED) is 0.276. The Hall–Kier alpha value is -3.56. The molecule has 216 valence electrons. The number of ether oxygens (including phenoxy) is 1. The van der Waals surface area contributed by atoms with Crippen molar-refractivity contribution in [3.05, 3.63) is 80.7 Å². The van der Waals surface area contributed by atoms with E-state index in [0.29, 0.717) is 54.2 Å². The van der Waals surface area contributed by atoms with Gasteiger partial charge in [0.25, 0.3) is 0 Å². The van der Waals surface area contributed by atoms with Crippen molar-refractivity contribution in [2.24, 2.45) is 11.1 Å². The molecular weight excluding hydrogens is 615 g/mol. The SMILES string of the molecule is COc1ccc(NC(=O)CSc2nnc(N3C(N)=C(C#N)C(c4c(Cl)cccc4Cl)C4=C3CC(C)(C)CC4=O)s2)cc1. The summed E-state index contributed by atoms with van der Waals surface area (Å²) in [5, 5.41) is 22.8. The predicted octanol–water partition coefficient (Wildman–Crippen LogP) is 6.53. The number of carbonyl (C=O) groups excluding carboxylic acids is 2. The molecule has 1 aromatic heterocycles. The second kappa shape index (κ2) is 12.0. The monoisotopic (exact) mass is 640 g/mol. The number of halogens is 2. The molecule has 0 saturated heterocycles. The van der Waals surface area contributed by atoms with Crippen LogP contribution in [0.5, 0.6) is 5.75 Å². The minimum Gasteiger partial charge on any atom is -0.497 e. The Bertz CT molecular complexity index is 1660. The molecule has 1 atom stereocenters. The number of ketones is 1. The van der Waals surface area contributed by atoms with Gasteiger partial charge >= 0.3 is 0 Å². The zero-order valence-corrected chi connectivity index (χ0v) is 26.0. The third-order valence-corrected chi connectivity index (χ3v) is 9.66. The molecular formula is C29H26Cl2N6O3S2. The van der Waals surface area contributed by atoms with Gasteiger partial charge in [0.15, 0.2) is 10.1 Å². The molecule has 13 heteroatoms. The number of benzene rings is 2. The zero-order valence-electron chi connectivity index (χ0n) is 22.9. The molecule has 5 rings (SSSR count). The van der Waals surface area contributed by atoms with Gasteiger partial charge in [-0.15, -0.1) is 10.2 Å². The van der Waals surface area contributed by atoms with Gasteiger partial charge in [-0.05, 0) is 48.2 Å². The van der Waals surface area contributed by atoms with E-state index in [1.54, 1.807) is 54.5 Å².